The summed E-state index contributed by atoms with van der Waals surface area (Å²) in [7, 11) is 0. The third kappa shape index (κ3) is 4.08. The van der Waals surface area contributed by atoms with Crippen LogP contribution in [0.4, 0.5) is 0 Å². The van der Waals surface area contributed by atoms with Crippen LogP contribution in [-0.2, 0) is 13.0 Å². The number of aromatic nitrogens is 3. The van der Waals surface area contributed by atoms with E-state index in [0.717, 1.165) is 24.5 Å². The smallest absolute Gasteiger partial charge is 0.138 e. The molecule has 2 N–H and O–H groups in total. The Kier molecular flexibility index (Phi) is 4.99. The summed E-state index contributed by atoms with van der Waals surface area (Å²) < 4.78 is 1.90. The summed E-state index contributed by atoms with van der Waals surface area (Å²) in [6, 6.07) is 8.63. The van der Waals surface area contributed by atoms with Gasteiger partial charge in [0.25, 0.3) is 0 Å². The number of aryl methyl sites for hydroxylation is 2. The fraction of sp³-hybridized carbons (Fsp3) is 0.429. The van der Waals surface area contributed by atoms with Crippen LogP contribution >= 0.6 is 11.8 Å². The standard InChI is InChI=1S/C14H20N4S/c1-3-18-14(16-10-17-18)8-12(15)9-19-13-6-4-11(2)5-7-13/h4-7,10,12H,3,8-9,15H2,1-2H3. The Bertz CT molecular complexity index is 506. The molecule has 2 rings (SSSR count). The Morgan fingerprint density at radius 3 is 2.74 bits per heavy atom. The van der Waals surface area contributed by atoms with E-state index < -0.39 is 0 Å². The molecule has 0 aliphatic rings. The van der Waals surface area contributed by atoms with Crippen LogP contribution in [0.5, 0.6) is 0 Å². The van der Waals surface area contributed by atoms with E-state index >= 15 is 0 Å². The van der Waals surface area contributed by atoms with Gasteiger partial charge in [0.15, 0.2) is 0 Å². The first-order chi connectivity index (χ1) is 9.19. The lowest BCUT2D eigenvalue weighted by Crippen LogP contribution is -2.27. The van der Waals surface area contributed by atoms with Crippen molar-refractivity contribution in [3.8, 4) is 0 Å². The molecule has 0 saturated heterocycles. The highest BCUT2D eigenvalue weighted by Crippen LogP contribution is 2.19. The van der Waals surface area contributed by atoms with Gasteiger partial charge in [-0.1, -0.05) is 17.7 Å². The molecular weight excluding hydrogens is 256 g/mol. The molecule has 0 aliphatic heterocycles. The zero-order chi connectivity index (χ0) is 13.7. The average Bonchev–Trinajstić information content (AvgIpc) is 2.85. The number of hydrogen-bond acceptors (Lipinski definition) is 4. The second-order valence-corrected chi connectivity index (χ2v) is 5.67. The number of benzene rings is 1. The Morgan fingerprint density at radius 2 is 2.05 bits per heavy atom. The molecule has 0 saturated carbocycles. The maximum absolute atomic E-state index is 6.16. The number of nitrogens with two attached hydrogens (primary N) is 1. The average molecular weight is 276 g/mol. The van der Waals surface area contributed by atoms with E-state index in [1.807, 2.05) is 4.68 Å². The monoisotopic (exact) mass is 276 g/mol. The van der Waals surface area contributed by atoms with E-state index in [2.05, 4.69) is 48.2 Å². The minimum atomic E-state index is 0.0980. The molecule has 1 unspecified atom stereocenters. The van der Waals surface area contributed by atoms with Crippen molar-refractivity contribution in [1.29, 1.82) is 0 Å². The maximum atomic E-state index is 6.16. The zero-order valence-corrected chi connectivity index (χ0v) is 12.2. The van der Waals surface area contributed by atoms with Crippen molar-refractivity contribution in [2.24, 2.45) is 5.73 Å². The van der Waals surface area contributed by atoms with Crippen LogP contribution in [-0.4, -0.2) is 26.6 Å². The van der Waals surface area contributed by atoms with Crippen LogP contribution in [0.25, 0.3) is 0 Å². The molecule has 1 heterocycles. The van der Waals surface area contributed by atoms with Gasteiger partial charge in [-0.2, -0.15) is 5.10 Å². The van der Waals surface area contributed by atoms with Gasteiger partial charge < -0.3 is 5.73 Å². The molecule has 0 bridgehead atoms. The van der Waals surface area contributed by atoms with Crippen molar-refractivity contribution < 1.29 is 0 Å². The van der Waals surface area contributed by atoms with Crippen molar-refractivity contribution in [3.05, 3.63) is 42.0 Å². The van der Waals surface area contributed by atoms with Gasteiger partial charge in [0.2, 0.25) is 0 Å². The van der Waals surface area contributed by atoms with E-state index in [1.54, 1.807) is 18.1 Å². The third-order valence-electron chi connectivity index (χ3n) is 2.93. The molecule has 0 amide bonds. The Labute approximate surface area is 118 Å². The number of rotatable bonds is 6. The highest BCUT2D eigenvalue weighted by molar-refractivity contribution is 7.99. The van der Waals surface area contributed by atoms with E-state index in [9.17, 15) is 0 Å². The van der Waals surface area contributed by atoms with Crippen LogP contribution in [0, 0.1) is 6.92 Å². The molecule has 1 aromatic carbocycles. The first-order valence-corrected chi connectivity index (χ1v) is 7.49. The molecule has 2 aromatic rings. The fourth-order valence-corrected chi connectivity index (χ4v) is 2.69. The highest BCUT2D eigenvalue weighted by Gasteiger charge is 2.10. The third-order valence-corrected chi connectivity index (χ3v) is 4.13. The quantitative estimate of drug-likeness (QED) is 0.822. The van der Waals surface area contributed by atoms with Gasteiger partial charge >= 0.3 is 0 Å². The van der Waals surface area contributed by atoms with Gasteiger partial charge in [0.05, 0.1) is 0 Å². The second-order valence-electron chi connectivity index (χ2n) is 4.58. The molecule has 1 atom stereocenters. The Balaban J connectivity index is 1.84. The summed E-state index contributed by atoms with van der Waals surface area (Å²) in [5.41, 5.74) is 7.45. The van der Waals surface area contributed by atoms with Gasteiger partial charge in [-0.05, 0) is 26.0 Å². The van der Waals surface area contributed by atoms with E-state index in [0.29, 0.717) is 0 Å². The van der Waals surface area contributed by atoms with Gasteiger partial charge in [0.1, 0.15) is 12.2 Å². The number of thioether (sulfide) groups is 1. The molecule has 0 fully saturated rings. The molecule has 1 aromatic heterocycles. The molecule has 0 spiro atoms. The van der Waals surface area contributed by atoms with E-state index in [4.69, 9.17) is 5.73 Å². The van der Waals surface area contributed by atoms with Crippen LogP contribution in [0.3, 0.4) is 0 Å². The van der Waals surface area contributed by atoms with Crippen molar-refractivity contribution in [2.45, 2.75) is 37.8 Å². The number of nitrogens with zero attached hydrogens (tertiary/aromatic N) is 3. The topological polar surface area (TPSA) is 56.7 Å². The first-order valence-electron chi connectivity index (χ1n) is 6.50. The van der Waals surface area contributed by atoms with Crippen molar-refractivity contribution in [2.75, 3.05) is 5.75 Å². The predicted octanol–water partition coefficient (Wildman–Crippen LogP) is 2.27. The summed E-state index contributed by atoms with van der Waals surface area (Å²) in [6.07, 6.45) is 2.37. The molecule has 0 aliphatic carbocycles. The van der Waals surface area contributed by atoms with Crippen molar-refractivity contribution >= 4 is 11.8 Å². The highest BCUT2D eigenvalue weighted by atomic mass is 32.2. The van der Waals surface area contributed by atoms with Gasteiger partial charge in [0, 0.05) is 29.7 Å². The molecule has 4 nitrogen and oxygen atoms in total. The first kappa shape index (κ1) is 14.1. The second kappa shape index (κ2) is 6.73. The van der Waals surface area contributed by atoms with Gasteiger partial charge in [-0.25, -0.2) is 4.98 Å². The molecule has 0 radical (unpaired) electrons. The minimum absolute atomic E-state index is 0.0980. The van der Waals surface area contributed by atoms with E-state index in [-0.39, 0.29) is 6.04 Å². The normalized spacial score (nSPS) is 12.6. The maximum Gasteiger partial charge on any atom is 0.138 e. The van der Waals surface area contributed by atoms with Gasteiger partial charge in [-0.15, -0.1) is 11.8 Å². The lowest BCUT2D eigenvalue weighted by molar-refractivity contribution is 0.588. The van der Waals surface area contributed by atoms with Gasteiger partial charge in [-0.3, -0.25) is 4.68 Å². The van der Waals surface area contributed by atoms with Crippen molar-refractivity contribution in [1.82, 2.24) is 14.8 Å². The van der Waals surface area contributed by atoms with Crippen LogP contribution in [0.1, 0.15) is 18.3 Å². The van der Waals surface area contributed by atoms with Crippen LogP contribution in [0.15, 0.2) is 35.5 Å². The molecule has 19 heavy (non-hydrogen) atoms. The molecule has 102 valence electrons. The number of hydrogen-bond donors (Lipinski definition) is 1. The molecule has 5 heteroatoms. The van der Waals surface area contributed by atoms with Crippen LogP contribution in [0.2, 0.25) is 0 Å². The summed E-state index contributed by atoms with van der Waals surface area (Å²) in [4.78, 5) is 5.52. The minimum Gasteiger partial charge on any atom is -0.327 e. The SMILES string of the molecule is CCn1ncnc1CC(N)CSc1ccc(C)cc1. The predicted molar refractivity (Wildman–Crippen MR) is 79.3 cm³/mol. The largest absolute Gasteiger partial charge is 0.327 e. The van der Waals surface area contributed by atoms with E-state index in [1.165, 1.54) is 10.5 Å². The zero-order valence-electron chi connectivity index (χ0n) is 11.4. The molecular formula is C14H20N4S. The summed E-state index contributed by atoms with van der Waals surface area (Å²) in [5.74, 6) is 1.86. The lowest BCUT2D eigenvalue weighted by Gasteiger charge is -2.11. The fourth-order valence-electron chi connectivity index (χ4n) is 1.84. The summed E-state index contributed by atoms with van der Waals surface area (Å²) >= 11 is 1.79. The summed E-state index contributed by atoms with van der Waals surface area (Å²) in [6.45, 7) is 5.00. The lowest BCUT2D eigenvalue weighted by atomic mass is 10.2. The van der Waals surface area contributed by atoms with Crippen molar-refractivity contribution in [3.63, 3.8) is 0 Å². The summed E-state index contributed by atoms with van der Waals surface area (Å²) in [5, 5.41) is 4.16. The Hall–Kier alpha value is -1.33. The van der Waals surface area contributed by atoms with Crippen LogP contribution < -0.4 is 5.73 Å². The Morgan fingerprint density at radius 1 is 1.32 bits per heavy atom.